The molecule has 106 valence electrons. The van der Waals surface area contributed by atoms with E-state index in [0.717, 1.165) is 8.96 Å². The number of halogens is 2. The number of aromatic nitrogens is 1. The number of hydrogen-bond donors (Lipinski definition) is 0. The van der Waals surface area contributed by atoms with E-state index < -0.39 is 0 Å². The van der Waals surface area contributed by atoms with Gasteiger partial charge in [0.25, 0.3) is 0 Å². The topological polar surface area (TPSA) is 48.4 Å². The highest BCUT2D eigenvalue weighted by Gasteiger charge is 2.12. The third-order valence-corrected chi connectivity index (χ3v) is 3.72. The molecular formula is C14H13ClINO3. The molecule has 0 saturated heterocycles. The summed E-state index contributed by atoms with van der Waals surface area (Å²) in [7, 11) is 0. The monoisotopic (exact) mass is 405 g/mol. The fourth-order valence-corrected chi connectivity index (χ4v) is 2.92. The van der Waals surface area contributed by atoms with Crippen LogP contribution in [0.15, 0.2) is 24.4 Å². The molecule has 1 aromatic heterocycles. The van der Waals surface area contributed by atoms with Crippen molar-refractivity contribution in [1.82, 2.24) is 4.98 Å². The van der Waals surface area contributed by atoms with E-state index >= 15 is 0 Å². The Bertz CT molecular complexity index is 633. The Labute approximate surface area is 135 Å². The van der Waals surface area contributed by atoms with E-state index in [0.29, 0.717) is 22.9 Å². The smallest absolute Gasteiger partial charge is 0.309 e. The maximum Gasteiger partial charge on any atom is 0.309 e. The average Bonchev–Trinajstić information content (AvgIpc) is 2.43. The first-order chi connectivity index (χ1) is 9.63. The maximum atomic E-state index is 11.3. The summed E-state index contributed by atoms with van der Waals surface area (Å²) in [6.07, 6.45) is 1.90. The van der Waals surface area contributed by atoms with E-state index in [4.69, 9.17) is 21.1 Å². The number of pyridine rings is 1. The van der Waals surface area contributed by atoms with Crippen LogP contribution in [-0.4, -0.2) is 24.2 Å². The van der Waals surface area contributed by atoms with Crippen molar-refractivity contribution in [3.05, 3.63) is 33.0 Å². The van der Waals surface area contributed by atoms with Crippen molar-refractivity contribution in [1.29, 1.82) is 0 Å². The lowest BCUT2D eigenvalue weighted by molar-refractivity contribution is -0.143. The molecule has 20 heavy (non-hydrogen) atoms. The molecule has 0 radical (unpaired) electrons. The molecule has 0 unspecified atom stereocenters. The summed E-state index contributed by atoms with van der Waals surface area (Å²) < 4.78 is 11.4. The number of hydrogen-bond acceptors (Lipinski definition) is 4. The minimum Gasteiger partial charge on any atom is -0.490 e. The van der Waals surface area contributed by atoms with Crippen molar-refractivity contribution in [2.45, 2.75) is 13.3 Å². The Kier molecular flexibility index (Phi) is 5.42. The van der Waals surface area contributed by atoms with Crippen LogP contribution >= 0.6 is 34.2 Å². The van der Waals surface area contributed by atoms with Gasteiger partial charge in [0.05, 0.1) is 28.2 Å². The number of ether oxygens (including phenoxy) is 2. The van der Waals surface area contributed by atoms with Crippen LogP contribution in [0, 0.1) is 3.57 Å². The SMILES string of the molecule is CCOC(=O)CCOc1c(I)cc(Cl)c2cccnc12. The molecule has 0 aliphatic carbocycles. The number of rotatable bonds is 5. The molecule has 0 saturated carbocycles. The number of carbonyl (C=O) groups is 1. The fraction of sp³-hybridized carbons (Fsp3) is 0.286. The lowest BCUT2D eigenvalue weighted by atomic mass is 10.2. The average molecular weight is 406 g/mol. The van der Waals surface area contributed by atoms with Gasteiger partial charge in [-0.3, -0.25) is 9.78 Å². The normalized spacial score (nSPS) is 10.6. The second-order valence-corrected chi connectivity index (χ2v) is 5.54. The molecule has 2 aromatic rings. The molecule has 0 bridgehead atoms. The number of fused-ring (bicyclic) bond motifs is 1. The van der Waals surface area contributed by atoms with Crippen LogP contribution in [0.25, 0.3) is 10.9 Å². The van der Waals surface area contributed by atoms with Gasteiger partial charge in [-0.15, -0.1) is 0 Å². The van der Waals surface area contributed by atoms with Crippen molar-refractivity contribution < 1.29 is 14.3 Å². The fourth-order valence-electron chi connectivity index (χ4n) is 1.75. The molecule has 1 aromatic carbocycles. The van der Waals surface area contributed by atoms with Gasteiger partial charge in [-0.1, -0.05) is 11.6 Å². The Morgan fingerprint density at radius 3 is 3.05 bits per heavy atom. The predicted molar refractivity (Wildman–Crippen MR) is 86.2 cm³/mol. The molecule has 4 nitrogen and oxygen atoms in total. The number of benzene rings is 1. The van der Waals surface area contributed by atoms with Gasteiger partial charge in [-0.2, -0.15) is 0 Å². The van der Waals surface area contributed by atoms with E-state index in [1.165, 1.54) is 0 Å². The molecule has 0 N–H and O–H groups in total. The van der Waals surface area contributed by atoms with Crippen LogP contribution in [0.1, 0.15) is 13.3 Å². The Morgan fingerprint density at radius 1 is 1.50 bits per heavy atom. The number of esters is 1. The van der Waals surface area contributed by atoms with Crippen LogP contribution in [0.2, 0.25) is 5.02 Å². The first-order valence-electron chi connectivity index (χ1n) is 6.14. The Hall–Kier alpha value is -1.08. The van der Waals surface area contributed by atoms with E-state index in [9.17, 15) is 4.79 Å². The summed E-state index contributed by atoms with van der Waals surface area (Å²) >= 11 is 8.33. The van der Waals surface area contributed by atoms with Crippen LogP contribution in [0.5, 0.6) is 5.75 Å². The lowest BCUT2D eigenvalue weighted by Gasteiger charge is -2.11. The summed E-state index contributed by atoms with van der Waals surface area (Å²) in [6.45, 7) is 2.41. The largest absolute Gasteiger partial charge is 0.490 e. The van der Waals surface area contributed by atoms with Gasteiger partial charge < -0.3 is 9.47 Å². The van der Waals surface area contributed by atoms with Gasteiger partial charge in [0.15, 0.2) is 5.75 Å². The molecule has 0 amide bonds. The Balaban J connectivity index is 2.19. The third-order valence-electron chi connectivity index (χ3n) is 2.61. The van der Waals surface area contributed by atoms with E-state index in [1.54, 1.807) is 13.1 Å². The van der Waals surface area contributed by atoms with Gasteiger partial charge in [-0.25, -0.2) is 0 Å². The summed E-state index contributed by atoms with van der Waals surface area (Å²) in [6, 6.07) is 5.54. The molecule has 1 heterocycles. The van der Waals surface area contributed by atoms with Crippen LogP contribution in [0.4, 0.5) is 0 Å². The van der Waals surface area contributed by atoms with Gasteiger partial charge in [-0.05, 0) is 47.7 Å². The minimum atomic E-state index is -0.270. The quantitative estimate of drug-likeness (QED) is 0.560. The molecular weight excluding hydrogens is 393 g/mol. The van der Waals surface area contributed by atoms with E-state index in [-0.39, 0.29) is 19.0 Å². The lowest BCUT2D eigenvalue weighted by Crippen LogP contribution is -2.10. The highest BCUT2D eigenvalue weighted by molar-refractivity contribution is 14.1. The van der Waals surface area contributed by atoms with Crippen LogP contribution in [-0.2, 0) is 9.53 Å². The van der Waals surface area contributed by atoms with E-state index in [2.05, 4.69) is 27.6 Å². The number of carbonyl (C=O) groups excluding carboxylic acids is 1. The maximum absolute atomic E-state index is 11.3. The van der Waals surface area contributed by atoms with Crippen molar-refractivity contribution in [2.75, 3.05) is 13.2 Å². The van der Waals surface area contributed by atoms with Crippen LogP contribution in [0.3, 0.4) is 0 Å². The van der Waals surface area contributed by atoms with E-state index in [1.807, 2.05) is 18.2 Å². The van der Waals surface area contributed by atoms with Gasteiger partial charge in [0.1, 0.15) is 5.52 Å². The van der Waals surface area contributed by atoms with Gasteiger partial charge in [0, 0.05) is 11.6 Å². The Morgan fingerprint density at radius 2 is 2.30 bits per heavy atom. The number of nitrogens with zero attached hydrogens (tertiary/aromatic N) is 1. The molecule has 0 fully saturated rings. The second-order valence-electron chi connectivity index (χ2n) is 3.97. The molecule has 0 aliphatic heterocycles. The first-order valence-corrected chi connectivity index (χ1v) is 7.60. The molecule has 2 rings (SSSR count). The minimum absolute atomic E-state index is 0.209. The zero-order valence-electron chi connectivity index (χ0n) is 10.9. The zero-order valence-corrected chi connectivity index (χ0v) is 13.8. The molecule has 0 spiro atoms. The summed E-state index contributed by atoms with van der Waals surface area (Å²) in [5.41, 5.74) is 0.702. The summed E-state index contributed by atoms with van der Waals surface area (Å²) in [5, 5.41) is 1.47. The van der Waals surface area contributed by atoms with Crippen molar-refractivity contribution in [3.8, 4) is 5.75 Å². The van der Waals surface area contributed by atoms with Crippen LogP contribution < -0.4 is 4.74 Å². The molecule has 0 aliphatic rings. The van der Waals surface area contributed by atoms with Crippen molar-refractivity contribution in [2.24, 2.45) is 0 Å². The molecule has 0 atom stereocenters. The highest BCUT2D eigenvalue weighted by atomic mass is 127. The highest BCUT2D eigenvalue weighted by Crippen LogP contribution is 2.34. The standard InChI is InChI=1S/C14H13ClINO3/c1-2-19-12(18)5-7-20-14-11(16)8-10(15)9-4-3-6-17-13(9)14/h3-4,6,8H,2,5,7H2,1H3. The first kappa shape index (κ1) is 15.3. The van der Waals surface area contributed by atoms with Crippen molar-refractivity contribution in [3.63, 3.8) is 0 Å². The summed E-state index contributed by atoms with van der Waals surface area (Å²) in [4.78, 5) is 15.6. The zero-order chi connectivity index (χ0) is 14.5. The van der Waals surface area contributed by atoms with Gasteiger partial charge >= 0.3 is 5.97 Å². The third kappa shape index (κ3) is 3.52. The summed E-state index contributed by atoms with van der Waals surface area (Å²) in [5.74, 6) is 0.378. The molecule has 6 heteroatoms. The second kappa shape index (κ2) is 7.08. The van der Waals surface area contributed by atoms with Crippen molar-refractivity contribution >= 4 is 51.1 Å². The van der Waals surface area contributed by atoms with Gasteiger partial charge in [0.2, 0.25) is 0 Å². The predicted octanol–water partition coefficient (Wildman–Crippen LogP) is 3.82.